The first kappa shape index (κ1) is 16.5. The van der Waals surface area contributed by atoms with Crippen molar-refractivity contribution in [1.82, 2.24) is 9.80 Å². The van der Waals surface area contributed by atoms with E-state index < -0.39 is 5.97 Å². The lowest BCUT2D eigenvalue weighted by Crippen LogP contribution is -2.47. The number of carboxylic acids is 1. The topological polar surface area (TPSA) is 70.1 Å². The van der Waals surface area contributed by atoms with Gasteiger partial charge < -0.3 is 14.7 Å². The number of carboxylic acid groups (broad SMARTS) is 1. The van der Waals surface area contributed by atoms with E-state index in [9.17, 15) is 9.59 Å². The standard InChI is InChI=1S/C16H22N2O4/c1-3-17-6-8-18(9-7-17)11-14(19)13-10-12(16(20)21)4-5-15(13)22-2/h4-5,10H,3,6-9,11H2,1-2H3,(H,20,21). The Morgan fingerprint density at radius 3 is 2.36 bits per heavy atom. The van der Waals surface area contributed by atoms with Crippen molar-refractivity contribution in [3.8, 4) is 5.75 Å². The molecule has 0 radical (unpaired) electrons. The van der Waals surface area contributed by atoms with Crippen LogP contribution in [0.25, 0.3) is 0 Å². The van der Waals surface area contributed by atoms with Gasteiger partial charge >= 0.3 is 5.97 Å². The van der Waals surface area contributed by atoms with Crippen molar-refractivity contribution in [3.63, 3.8) is 0 Å². The van der Waals surface area contributed by atoms with Gasteiger partial charge in [-0.25, -0.2) is 4.79 Å². The van der Waals surface area contributed by atoms with E-state index in [0.29, 0.717) is 11.3 Å². The molecule has 0 aromatic heterocycles. The molecule has 0 aliphatic carbocycles. The van der Waals surface area contributed by atoms with Crippen molar-refractivity contribution < 1.29 is 19.4 Å². The number of likely N-dealkylation sites (N-methyl/N-ethyl adjacent to an activating group) is 1. The summed E-state index contributed by atoms with van der Waals surface area (Å²) in [5.74, 6) is -0.736. The van der Waals surface area contributed by atoms with E-state index in [1.54, 1.807) is 0 Å². The van der Waals surface area contributed by atoms with E-state index in [1.807, 2.05) is 0 Å². The quantitative estimate of drug-likeness (QED) is 0.797. The van der Waals surface area contributed by atoms with Gasteiger partial charge in [0.1, 0.15) is 5.75 Å². The van der Waals surface area contributed by atoms with Crippen molar-refractivity contribution in [2.45, 2.75) is 6.92 Å². The van der Waals surface area contributed by atoms with Crippen LogP contribution >= 0.6 is 0 Å². The van der Waals surface area contributed by atoms with Gasteiger partial charge in [0.05, 0.1) is 24.8 Å². The highest BCUT2D eigenvalue weighted by Crippen LogP contribution is 2.21. The number of methoxy groups -OCH3 is 1. The van der Waals surface area contributed by atoms with Gasteiger partial charge in [0, 0.05) is 26.2 Å². The number of ketones is 1. The number of hydrogen-bond donors (Lipinski definition) is 1. The summed E-state index contributed by atoms with van der Waals surface area (Å²) in [5, 5.41) is 9.06. The Labute approximate surface area is 130 Å². The molecule has 1 aromatic carbocycles. The Morgan fingerprint density at radius 1 is 1.18 bits per heavy atom. The number of Topliss-reactive ketones (excluding diaryl/α,β-unsaturated/α-hetero) is 1. The second-order valence-corrected chi connectivity index (χ2v) is 5.35. The van der Waals surface area contributed by atoms with Crippen LogP contribution in [0.5, 0.6) is 5.75 Å². The summed E-state index contributed by atoms with van der Waals surface area (Å²) in [6.07, 6.45) is 0. The second kappa shape index (κ2) is 7.38. The summed E-state index contributed by atoms with van der Waals surface area (Å²) >= 11 is 0. The fourth-order valence-corrected chi connectivity index (χ4v) is 2.61. The Morgan fingerprint density at radius 2 is 1.82 bits per heavy atom. The monoisotopic (exact) mass is 306 g/mol. The molecule has 1 aliphatic rings. The number of ether oxygens (including phenoxy) is 1. The number of piperazine rings is 1. The first-order valence-corrected chi connectivity index (χ1v) is 7.44. The number of carbonyl (C=O) groups excluding carboxylic acids is 1. The Kier molecular flexibility index (Phi) is 5.51. The number of benzene rings is 1. The fraction of sp³-hybridized carbons (Fsp3) is 0.500. The molecule has 1 aliphatic heterocycles. The molecule has 2 rings (SSSR count). The number of rotatable bonds is 6. The minimum absolute atomic E-state index is 0.0972. The van der Waals surface area contributed by atoms with Gasteiger partial charge in [-0.15, -0.1) is 0 Å². The van der Waals surface area contributed by atoms with E-state index in [2.05, 4.69) is 16.7 Å². The predicted molar refractivity (Wildman–Crippen MR) is 82.8 cm³/mol. The molecular weight excluding hydrogens is 284 g/mol. The summed E-state index contributed by atoms with van der Waals surface area (Å²) in [6, 6.07) is 4.37. The number of nitrogens with zero attached hydrogens (tertiary/aromatic N) is 2. The summed E-state index contributed by atoms with van der Waals surface area (Å²) < 4.78 is 5.18. The van der Waals surface area contributed by atoms with Gasteiger partial charge in [-0.1, -0.05) is 6.92 Å². The van der Waals surface area contributed by atoms with Crippen LogP contribution in [0.3, 0.4) is 0 Å². The third-order valence-corrected chi connectivity index (χ3v) is 4.03. The molecule has 1 N–H and O–H groups in total. The van der Waals surface area contributed by atoms with E-state index in [0.717, 1.165) is 32.7 Å². The van der Waals surface area contributed by atoms with Crippen LogP contribution in [-0.2, 0) is 0 Å². The molecule has 6 nitrogen and oxygen atoms in total. The number of aromatic carboxylic acids is 1. The first-order chi connectivity index (χ1) is 10.5. The lowest BCUT2D eigenvalue weighted by Gasteiger charge is -2.33. The molecule has 1 fully saturated rings. The van der Waals surface area contributed by atoms with Crippen LogP contribution in [0, 0.1) is 0 Å². The Balaban J connectivity index is 2.08. The van der Waals surface area contributed by atoms with Gasteiger partial charge in [-0.3, -0.25) is 9.69 Å². The van der Waals surface area contributed by atoms with Crippen molar-refractivity contribution in [2.75, 3.05) is 46.4 Å². The highest BCUT2D eigenvalue weighted by Gasteiger charge is 2.21. The SMILES string of the molecule is CCN1CCN(CC(=O)c2cc(C(=O)O)ccc2OC)CC1. The molecular formula is C16H22N2O4. The summed E-state index contributed by atoms with van der Waals surface area (Å²) in [4.78, 5) is 28.0. The normalized spacial score (nSPS) is 16.5. The van der Waals surface area contributed by atoms with E-state index in [1.165, 1.54) is 25.3 Å². The zero-order valence-electron chi connectivity index (χ0n) is 13.0. The van der Waals surface area contributed by atoms with Gasteiger partial charge in [0.15, 0.2) is 5.78 Å². The molecule has 0 amide bonds. The summed E-state index contributed by atoms with van der Waals surface area (Å²) in [7, 11) is 1.48. The van der Waals surface area contributed by atoms with Crippen molar-refractivity contribution >= 4 is 11.8 Å². The average molecular weight is 306 g/mol. The zero-order chi connectivity index (χ0) is 16.1. The van der Waals surface area contributed by atoms with Crippen molar-refractivity contribution in [1.29, 1.82) is 0 Å². The molecule has 6 heteroatoms. The number of carbonyl (C=O) groups is 2. The maximum atomic E-state index is 12.5. The molecule has 1 saturated heterocycles. The molecule has 0 atom stereocenters. The molecule has 1 heterocycles. The lowest BCUT2D eigenvalue weighted by molar-refractivity contribution is 0.0697. The Bertz CT molecular complexity index is 551. The smallest absolute Gasteiger partial charge is 0.335 e. The Hall–Kier alpha value is -1.92. The molecule has 0 spiro atoms. The molecule has 0 saturated carbocycles. The summed E-state index contributed by atoms with van der Waals surface area (Å²) in [6.45, 7) is 7.05. The minimum atomic E-state index is -1.05. The van der Waals surface area contributed by atoms with Gasteiger partial charge in [0.25, 0.3) is 0 Å². The highest BCUT2D eigenvalue weighted by atomic mass is 16.5. The minimum Gasteiger partial charge on any atom is -0.496 e. The third-order valence-electron chi connectivity index (χ3n) is 4.03. The molecule has 1 aromatic rings. The zero-order valence-corrected chi connectivity index (χ0v) is 13.0. The van der Waals surface area contributed by atoms with E-state index in [-0.39, 0.29) is 17.9 Å². The van der Waals surface area contributed by atoms with Crippen LogP contribution in [-0.4, -0.2) is 73.0 Å². The van der Waals surface area contributed by atoms with Crippen molar-refractivity contribution in [2.24, 2.45) is 0 Å². The maximum absolute atomic E-state index is 12.5. The van der Waals surface area contributed by atoms with Crippen LogP contribution in [0.15, 0.2) is 18.2 Å². The van der Waals surface area contributed by atoms with Crippen LogP contribution in [0.1, 0.15) is 27.6 Å². The summed E-state index contributed by atoms with van der Waals surface area (Å²) in [5.41, 5.74) is 0.431. The largest absolute Gasteiger partial charge is 0.496 e. The molecule has 120 valence electrons. The lowest BCUT2D eigenvalue weighted by atomic mass is 10.0. The second-order valence-electron chi connectivity index (χ2n) is 5.35. The van der Waals surface area contributed by atoms with Gasteiger partial charge in [-0.05, 0) is 24.7 Å². The van der Waals surface area contributed by atoms with Crippen LogP contribution < -0.4 is 4.74 Å². The van der Waals surface area contributed by atoms with Crippen LogP contribution in [0.4, 0.5) is 0 Å². The highest BCUT2D eigenvalue weighted by molar-refractivity contribution is 6.02. The first-order valence-electron chi connectivity index (χ1n) is 7.44. The predicted octanol–water partition coefficient (Wildman–Crippen LogP) is 1.21. The van der Waals surface area contributed by atoms with Crippen molar-refractivity contribution in [3.05, 3.63) is 29.3 Å². The molecule has 22 heavy (non-hydrogen) atoms. The van der Waals surface area contributed by atoms with Gasteiger partial charge in [0.2, 0.25) is 0 Å². The van der Waals surface area contributed by atoms with Gasteiger partial charge in [-0.2, -0.15) is 0 Å². The van der Waals surface area contributed by atoms with E-state index >= 15 is 0 Å². The average Bonchev–Trinajstić information content (AvgIpc) is 2.54. The molecule has 0 bridgehead atoms. The number of hydrogen-bond acceptors (Lipinski definition) is 5. The van der Waals surface area contributed by atoms with E-state index in [4.69, 9.17) is 9.84 Å². The maximum Gasteiger partial charge on any atom is 0.335 e. The molecule has 0 unspecified atom stereocenters. The van der Waals surface area contributed by atoms with Crippen LogP contribution in [0.2, 0.25) is 0 Å². The third kappa shape index (κ3) is 3.84. The fourth-order valence-electron chi connectivity index (χ4n) is 2.61.